The summed E-state index contributed by atoms with van der Waals surface area (Å²) in [5.74, 6) is 0. The largest absolute Gasteiger partial charge is 0.444 e. The number of carbonyl (C=O) groups excluding carboxylic acids is 1. The third-order valence-corrected chi connectivity index (χ3v) is 4.90. The number of rotatable bonds is 4. The van der Waals surface area contributed by atoms with Crippen molar-refractivity contribution < 1.29 is 9.53 Å². The van der Waals surface area contributed by atoms with Crippen LogP contribution in [0.25, 0.3) is 0 Å². The van der Waals surface area contributed by atoms with Gasteiger partial charge < -0.3 is 10.1 Å². The van der Waals surface area contributed by atoms with Crippen LogP contribution in [-0.2, 0) is 4.74 Å². The van der Waals surface area contributed by atoms with Gasteiger partial charge in [-0.2, -0.15) is 5.26 Å². The highest BCUT2D eigenvalue weighted by atomic mass is 79.9. The number of hydrogen-bond acceptors (Lipinski definition) is 4. The molecule has 0 radical (unpaired) electrons. The van der Waals surface area contributed by atoms with Crippen LogP contribution in [0.5, 0.6) is 0 Å². The molecule has 0 saturated heterocycles. The van der Waals surface area contributed by atoms with Crippen molar-refractivity contribution in [2.45, 2.75) is 36.6 Å². The van der Waals surface area contributed by atoms with Crippen LogP contribution in [0, 0.1) is 11.3 Å². The van der Waals surface area contributed by atoms with Crippen molar-refractivity contribution in [2.24, 2.45) is 0 Å². The summed E-state index contributed by atoms with van der Waals surface area (Å²) in [5, 5.41) is 11.6. The third-order valence-electron chi connectivity index (χ3n) is 3.06. The summed E-state index contributed by atoms with van der Waals surface area (Å²) >= 11 is 5.00. The third kappa shape index (κ3) is 6.11. The first-order valence-electron chi connectivity index (χ1n) is 7.69. The van der Waals surface area contributed by atoms with E-state index in [9.17, 15) is 4.79 Å². The van der Waals surface area contributed by atoms with E-state index >= 15 is 0 Å². The molecule has 0 saturated carbocycles. The molecule has 130 valence electrons. The minimum atomic E-state index is -0.575. The van der Waals surface area contributed by atoms with Crippen LogP contribution < -0.4 is 5.32 Å². The predicted molar refractivity (Wildman–Crippen MR) is 103 cm³/mol. The van der Waals surface area contributed by atoms with Crippen LogP contribution in [0.4, 0.5) is 4.79 Å². The van der Waals surface area contributed by atoms with Gasteiger partial charge in [0.2, 0.25) is 0 Å². The second-order valence-corrected chi connectivity index (χ2v) is 8.34. The van der Waals surface area contributed by atoms with E-state index in [1.165, 1.54) is 11.8 Å². The number of amides is 1. The minimum absolute atomic E-state index is 0.362. The molecule has 0 fully saturated rings. The molecule has 2 aromatic carbocycles. The molecule has 1 unspecified atom stereocenters. The van der Waals surface area contributed by atoms with Gasteiger partial charge in [0.1, 0.15) is 11.0 Å². The monoisotopic (exact) mass is 418 g/mol. The molecule has 0 aromatic heterocycles. The second kappa shape index (κ2) is 8.41. The Morgan fingerprint density at radius 3 is 2.48 bits per heavy atom. The molecule has 1 amide bonds. The van der Waals surface area contributed by atoms with E-state index in [0.717, 1.165) is 14.9 Å². The Hall–Kier alpha value is -1.97. The Bertz CT molecular complexity index is 782. The molecule has 4 nitrogen and oxygen atoms in total. The van der Waals surface area contributed by atoms with E-state index in [0.29, 0.717) is 5.56 Å². The molecule has 2 rings (SSSR count). The summed E-state index contributed by atoms with van der Waals surface area (Å²) < 4.78 is 6.14. The molecule has 0 aliphatic rings. The number of carbonyl (C=O) groups is 1. The standard InChI is InChI=1S/C19H19BrN2O2S/c1-19(2,3)24-18(23)22-17(25-14-7-5-4-6-8-14)15-10-9-13(12-21)11-16(15)20/h4-11,17H,1-3H3,(H,22,23). The lowest BCUT2D eigenvalue weighted by Crippen LogP contribution is -2.34. The summed E-state index contributed by atoms with van der Waals surface area (Å²) in [6.45, 7) is 5.47. The van der Waals surface area contributed by atoms with Crippen LogP contribution in [0.3, 0.4) is 0 Å². The summed E-state index contributed by atoms with van der Waals surface area (Å²) in [6.07, 6.45) is -0.489. The Morgan fingerprint density at radius 2 is 1.92 bits per heavy atom. The first-order valence-corrected chi connectivity index (χ1v) is 9.36. The maximum absolute atomic E-state index is 12.3. The van der Waals surface area contributed by atoms with Crippen LogP contribution >= 0.6 is 27.7 Å². The number of halogens is 1. The average Bonchev–Trinajstić information content (AvgIpc) is 2.53. The minimum Gasteiger partial charge on any atom is -0.444 e. The van der Waals surface area contributed by atoms with Crippen molar-refractivity contribution in [3.05, 3.63) is 64.1 Å². The molecule has 2 aromatic rings. The molecule has 0 aliphatic carbocycles. The number of nitriles is 1. The Labute approximate surface area is 160 Å². The normalized spacial score (nSPS) is 12.1. The lowest BCUT2D eigenvalue weighted by molar-refractivity contribution is 0.0521. The molecule has 25 heavy (non-hydrogen) atoms. The number of nitrogens with zero attached hydrogens (tertiary/aromatic N) is 1. The highest BCUT2D eigenvalue weighted by molar-refractivity contribution is 9.10. The fourth-order valence-electron chi connectivity index (χ4n) is 2.03. The van der Waals surface area contributed by atoms with Gasteiger partial charge in [-0.25, -0.2) is 4.79 Å². The number of nitrogens with one attached hydrogen (secondary N) is 1. The highest BCUT2D eigenvalue weighted by Gasteiger charge is 2.23. The van der Waals surface area contributed by atoms with Crippen LogP contribution in [0.2, 0.25) is 0 Å². The van der Waals surface area contributed by atoms with E-state index in [1.807, 2.05) is 57.2 Å². The van der Waals surface area contributed by atoms with Crippen LogP contribution in [-0.4, -0.2) is 11.7 Å². The zero-order chi connectivity index (χ0) is 18.4. The maximum atomic E-state index is 12.3. The van der Waals surface area contributed by atoms with Crippen molar-refractivity contribution in [1.82, 2.24) is 5.32 Å². The van der Waals surface area contributed by atoms with E-state index < -0.39 is 11.7 Å². The maximum Gasteiger partial charge on any atom is 0.408 e. The van der Waals surface area contributed by atoms with Crippen LogP contribution in [0.15, 0.2) is 57.9 Å². The lowest BCUT2D eigenvalue weighted by atomic mass is 10.1. The molecule has 1 atom stereocenters. The number of benzene rings is 2. The molecule has 0 heterocycles. The topological polar surface area (TPSA) is 62.1 Å². The molecule has 0 bridgehead atoms. The lowest BCUT2D eigenvalue weighted by Gasteiger charge is -2.24. The zero-order valence-electron chi connectivity index (χ0n) is 14.2. The quantitative estimate of drug-likeness (QED) is 0.515. The van der Waals surface area contributed by atoms with Crippen molar-refractivity contribution in [2.75, 3.05) is 0 Å². The summed E-state index contributed by atoms with van der Waals surface area (Å²) in [4.78, 5) is 13.3. The van der Waals surface area contributed by atoms with Gasteiger partial charge in [0.15, 0.2) is 0 Å². The molecule has 1 N–H and O–H groups in total. The number of thioether (sulfide) groups is 1. The van der Waals surface area contributed by atoms with Gasteiger partial charge in [0, 0.05) is 9.37 Å². The number of alkyl carbamates (subject to hydrolysis) is 1. The fourth-order valence-corrected chi connectivity index (χ4v) is 3.86. The molecular formula is C19H19BrN2O2S. The van der Waals surface area contributed by atoms with Gasteiger partial charge in [-0.05, 0) is 50.6 Å². The van der Waals surface area contributed by atoms with E-state index in [-0.39, 0.29) is 5.37 Å². The van der Waals surface area contributed by atoms with Gasteiger partial charge in [0.25, 0.3) is 0 Å². The predicted octanol–water partition coefficient (Wildman–Crippen LogP) is 5.64. The molecule has 6 heteroatoms. The van der Waals surface area contributed by atoms with Crippen molar-refractivity contribution in [3.8, 4) is 6.07 Å². The Balaban J connectivity index is 2.29. The summed E-state index contributed by atoms with van der Waals surface area (Å²) in [5.41, 5.74) is 0.837. The van der Waals surface area contributed by atoms with E-state index in [2.05, 4.69) is 27.3 Å². The van der Waals surface area contributed by atoms with Crippen molar-refractivity contribution in [3.63, 3.8) is 0 Å². The Morgan fingerprint density at radius 1 is 1.24 bits per heavy atom. The highest BCUT2D eigenvalue weighted by Crippen LogP contribution is 2.37. The van der Waals surface area contributed by atoms with Gasteiger partial charge in [-0.15, -0.1) is 0 Å². The molecular weight excluding hydrogens is 400 g/mol. The van der Waals surface area contributed by atoms with Gasteiger partial charge in [-0.3, -0.25) is 0 Å². The van der Waals surface area contributed by atoms with Gasteiger partial charge >= 0.3 is 6.09 Å². The zero-order valence-corrected chi connectivity index (χ0v) is 16.6. The van der Waals surface area contributed by atoms with Crippen LogP contribution in [0.1, 0.15) is 37.3 Å². The smallest absolute Gasteiger partial charge is 0.408 e. The number of ether oxygens (including phenoxy) is 1. The summed E-state index contributed by atoms with van der Waals surface area (Å²) in [7, 11) is 0. The first kappa shape index (κ1) is 19.4. The SMILES string of the molecule is CC(C)(C)OC(=O)NC(Sc1ccccc1)c1ccc(C#N)cc1Br. The fraction of sp³-hybridized carbons (Fsp3) is 0.263. The van der Waals surface area contributed by atoms with Crippen molar-refractivity contribution in [1.29, 1.82) is 5.26 Å². The Kier molecular flexibility index (Phi) is 6.51. The second-order valence-electron chi connectivity index (χ2n) is 6.31. The van der Waals surface area contributed by atoms with Crippen molar-refractivity contribution >= 4 is 33.8 Å². The summed E-state index contributed by atoms with van der Waals surface area (Å²) in [6, 6.07) is 17.2. The van der Waals surface area contributed by atoms with E-state index in [1.54, 1.807) is 12.1 Å². The van der Waals surface area contributed by atoms with Gasteiger partial charge in [-0.1, -0.05) is 52.0 Å². The van der Waals surface area contributed by atoms with Gasteiger partial charge in [0.05, 0.1) is 11.6 Å². The van der Waals surface area contributed by atoms with E-state index in [4.69, 9.17) is 10.00 Å². The first-order chi connectivity index (χ1) is 11.8. The average molecular weight is 419 g/mol. The number of hydrogen-bond donors (Lipinski definition) is 1. The molecule has 0 aliphatic heterocycles. The molecule has 0 spiro atoms.